The van der Waals surface area contributed by atoms with Gasteiger partial charge in [-0.1, -0.05) is 59.6 Å². The van der Waals surface area contributed by atoms with Crippen LogP contribution in [0.3, 0.4) is 0 Å². The van der Waals surface area contributed by atoms with Gasteiger partial charge in [0.05, 0.1) is 38.7 Å². The van der Waals surface area contributed by atoms with Crippen LogP contribution in [-0.2, 0) is 30.8 Å². The van der Waals surface area contributed by atoms with Crippen molar-refractivity contribution >= 4 is 68.5 Å². The van der Waals surface area contributed by atoms with E-state index in [0.717, 1.165) is 9.20 Å². The van der Waals surface area contributed by atoms with Gasteiger partial charge in [-0.2, -0.15) is 9.57 Å². The molecule has 0 aliphatic carbocycles. The van der Waals surface area contributed by atoms with Crippen LogP contribution >= 0.6 is 35.0 Å². The van der Waals surface area contributed by atoms with Crippen molar-refractivity contribution in [1.29, 1.82) is 5.26 Å². The second kappa shape index (κ2) is 16.5. The number of sulfonamides is 1. The zero-order valence-corrected chi connectivity index (χ0v) is 29.7. The van der Waals surface area contributed by atoms with E-state index in [2.05, 4.69) is 15.6 Å². The fourth-order valence-corrected chi connectivity index (χ4v) is 8.93. The van der Waals surface area contributed by atoms with E-state index in [0.29, 0.717) is 11.3 Å². The lowest BCUT2D eigenvalue weighted by atomic mass is 10.0. The molecular weight excluding hydrogens is 721 g/mol. The molecule has 0 spiro atoms. The maximum Gasteiger partial charge on any atom is 0.328 e. The Balaban J connectivity index is 1.36. The number of esters is 1. The van der Waals surface area contributed by atoms with Crippen LogP contribution < -0.4 is 10.6 Å². The highest BCUT2D eigenvalue weighted by Gasteiger charge is 2.45. The van der Waals surface area contributed by atoms with Crippen LogP contribution in [-0.4, -0.2) is 66.0 Å². The van der Waals surface area contributed by atoms with Gasteiger partial charge in [-0.3, -0.25) is 14.6 Å². The van der Waals surface area contributed by atoms with Crippen LogP contribution in [0.2, 0.25) is 10.0 Å². The van der Waals surface area contributed by atoms with Crippen molar-refractivity contribution in [2.24, 2.45) is 0 Å². The summed E-state index contributed by atoms with van der Waals surface area (Å²) in [5.74, 6) is -1.88. The Kier molecular flexibility index (Phi) is 12.2. The number of nitrogens with one attached hydrogen (secondary N) is 2. The molecule has 15 heteroatoms. The smallest absolute Gasteiger partial charge is 0.328 e. The van der Waals surface area contributed by atoms with Crippen LogP contribution in [0.25, 0.3) is 0 Å². The van der Waals surface area contributed by atoms with Gasteiger partial charge in [-0.05, 0) is 61.4 Å². The minimum atomic E-state index is -4.22. The zero-order valence-electron chi connectivity index (χ0n) is 26.6. The molecule has 0 saturated carbocycles. The van der Waals surface area contributed by atoms with Crippen molar-refractivity contribution in [3.05, 3.63) is 118 Å². The summed E-state index contributed by atoms with van der Waals surface area (Å²) in [6.45, 7) is 1.73. The topological polar surface area (TPSA) is 159 Å². The van der Waals surface area contributed by atoms with Gasteiger partial charge in [0.1, 0.15) is 12.1 Å². The number of ether oxygens (including phenoxy) is 1. The minimum Gasteiger partial charge on any atom is -0.464 e. The van der Waals surface area contributed by atoms with Crippen molar-refractivity contribution in [2.45, 2.75) is 46.9 Å². The summed E-state index contributed by atoms with van der Waals surface area (Å²) in [5, 5.41) is 14.7. The Morgan fingerprint density at radius 1 is 1.04 bits per heavy atom. The lowest BCUT2D eigenvalue weighted by Crippen LogP contribution is -2.51. The largest absolute Gasteiger partial charge is 0.464 e. The summed E-state index contributed by atoms with van der Waals surface area (Å²) in [7, 11) is -4.22. The van der Waals surface area contributed by atoms with Gasteiger partial charge < -0.3 is 15.4 Å². The van der Waals surface area contributed by atoms with E-state index in [1.807, 2.05) is 36.4 Å². The average Bonchev–Trinajstić information content (AvgIpc) is 3.54. The number of nitrogens with zero attached hydrogens (tertiary/aromatic N) is 3. The van der Waals surface area contributed by atoms with Gasteiger partial charge in [-0.25, -0.2) is 13.2 Å². The van der Waals surface area contributed by atoms with Crippen LogP contribution in [0.15, 0.2) is 101 Å². The summed E-state index contributed by atoms with van der Waals surface area (Å²) >= 11 is 13.7. The molecule has 1 saturated heterocycles. The van der Waals surface area contributed by atoms with Gasteiger partial charge in [0.2, 0.25) is 15.9 Å². The standard InChI is InChI=1S/C35H31Cl2N5O6S2/c1-2-48-35(45)30(16-22-11-13-24(14-12-22)40-34(44)32-28(36)19-39-20-29(32)37)41-33(43)31-17-26(49-25-8-4-3-5-9-25)21-42(31)50(46,47)27-10-6-7-23(15-27)18-38/h3-15,19-20,26,30-31H,2,16-17,21H2,1H3,(H,40,44)(H,41,43)/t26-,30+,31+/m1/s1. The van der Waals surface area contributed by atoms with Gasteiger partial charge >= 0.3 is 5.97 Å². The van der Waals surface area contributed by atoms with Gasteiger partial charge in [0.25, 0.3) is 5.91 Å². The predicted octanol–water partition coefficient (Wildman–Crippen LogP) is 5.73. The summed E-state index contributed by atoms with van der Waals surface area (Å²) in [6.07, 6.45) is 2.82. The quantitative estimate of drug-likeness (QED) is 0.173. The number of rotatable bonds is 12. The first-order valence-corrected chi connectivity index (χ1v) is 18.5. The molecule has 0 unspecified atom stereocenters. The Morgan fingerprint density at radius 3 is 2.40 bits per heavy atom. The van der Waals surface area contributed by atoms with E-state index >= 15 is 0 Å². The molecule has 5 rings (SSSR count). The second-order valence-corrected chi connectivity index (χ2v) is 15.2. The SMILES string of the molecule is CCOC(=O)[C@H](Cc1ccc(NC(=O)c2c(Cl)cncc2Cl)cc1)NC(=O)[C@@H]1C[C@@H](Sc2ccccc2)CN1S(=O)(=O)c1cccc(C#N)c1. The molecule has 3 aromatic carbocycles. The molecule has 2 amide bonds. The van der Waals surface area contributed by atoms with Crippen LogP contribution in [0, 0.1) is 11.3 Å². The maximum atomic E-state index is 14.0. The lowest BCUT2D eigenvalue weighted by Gasteiger charge is -2.25. The maximum absolute atomic E-state index is 14.0. The highest BCUT2D eigenvalue weighted by atomic mass is 35.5. The van der Waals surface area contributed by atoms with E-state index in [9.17, 15) is 28.1 Å². The van der Waals surface area contributed by atoms with E-state index in [-0.39, 0.29) is 57.3 Å². The number of aromatic nitrogens is 1. The normalized spacial score (nSPS) is 16.6. The van der Waals surface area contributed by atoms with E-state index < -0.39 is 39.9 Å². The highest BCUT2D eigenvalue weighted by molar-refractivity contribution is 8.00. The fraction of sp³-hybridized carbons (Fsp3) is 0.229. The number of carbonyl (C=O) groups is 3. The van der Waals surface area contributed by atoms with Crippen molar-refractivity contribution in [1.82, 2.24) is 14.6 Å². The first-order valence-electron chi connectivity index (χ1n) is 15.4. The predicted molar refractivity (Wildman–Crippen MR) is 190 cm³/mol. The fourth-order valence-electron chi connectivity index (χ4n) is 5.40. The van der Waals surface area contributed by atoms with E-state index in [1.165, 1.54) is 48.4 Å². The molecule has 1 aromatic heterocycles. The molecule has 2 heterocycles. The zero-order chi connectivity index (χ0) is 35.8. The van der Waals surface area contributed by atoms with Gasteiger partial charge in [-0.15, -0.1) is 11.8 Å². The lowest BCUT2D eigenvalue weighted by molar-refractivity contribution is -0.147. The number of amides is 2. The molecule has 3 atom stereocenters. The molecule has 0 radical (unpaired) electrons. The van der Waals surface area contributed by atoms with Crippen LogP contribution in [0.5, 0.6) is 0 Å². The number of hydrogen-bond acceptors (Lipinski definition) is 9. The molecule has 2 N–H and O–H groups in total. The molecule has 1 aliphatic rings. The molecule has 50 heavy (non-hydrogen) atoms. The van der Waals surface area contributed by atoms with Crippen molar-refractivity contribution in [3.8, 4) is 6.07 Å². The van der Waals surface area contributed by atoms with Crippen molar-refractivity contribution in [3.63, 3.8) is 0 Å². The van der Waals surface area contributed by atoms with Crippen LogP contribution in [0.1, 0.15) is 34.8 Å². The van der Waals surface area contributed by atoms with Crippen molar-refractivity contribution in [2.75, 3.05) is 18.5 Å². The average molecular weight is 753 g/mol. The highest BCUT2D eigenvalue weighted by Crippen LogP contribution is 2.36. The first kappa shape index (κ1) is 36.8. The number of halogens is 2. The Hall–Kier alpha value is -4.45. The number of nitriles is 1. The summed E-state index contributed by atoms with van der Waals surface area (Å²) in [6, 6.07) is 21.3. The number of hydrogen-bond donors (Lipinski definition) is 2. The number of carbonyl (C=O) groups excluding carboxylic acids is 3. The third-order valence-electron chi connectivity index (χ3n) is 7.76. The van der Waals surface area contributed by atoms with Gasteiger partial charge in [0.15, 0.2) is 0 Å². The number of thioether (sulfide) groups is 1. The molecule has 4 aromatic rings. The van der Waals surface area contributed by atoms with Gasteiger partial charge in [0, 0.05) is 41.2 Å². The molecule has 1 fully saturated rings. The molecule has 258 valence electrons. The first-order chi connectivity index (χ1) is 24.0. The van der Waals surface area contributed by atoms with Crippen LogP contribution in [0.4, 0.5) is 5.69 Å². The number of benzene rings is 3. The Morgan fingerprint density at radius 2 is 1.74 bits per heavy atom. The summed E-state index contributed by atoms with van der Waals surface area (Å²) in [5.41, 5.74) is 1.29. The molecule has 11 nitrogen and oxygen atoms in total. The Bertz CT molecular complexity index is 2010. The van der Waals surface area contributed by atoms with E-state index in [4.69, 9.17) is 27.9 Å². The molecule has 0 bridgehead atoms. The second-order valence-electron chi connectivity index (χ2n) is 11.2. The van der Waals surface area contributed by atoms with Crippen molar-refractivity contribution < 1.29 is 27.5 Å². The Labute approximate surface area is 304 Å². The van der Waals surface area contributed by atoms with E-state index in [1.54, 1.807) is 31.2 Å². The molecule has 1 aliphatic heterocycles. The number of pyridine rings is 1. The summed E-state index contributed by atoms with van der Waals surface area (Å²) in [4.78, 5) is 44.5. The minimum absolute atomic E-state index is 0.0205. The third-order valence-corrected chi connectivity index (χ3v) is 11.4. The monoisotopic (exact) mass is 751 g/mol. The summed E-state index contributed by atoms with van der Waals surface area (Å²) < 4.78 is 34.3. The third kappa shape index (κ3) is 8.82. The molecular formula is C35H31Cl2N5O6S2. The number of anilines is 1.